The number of rotatable bonds is 10. The Morgan fingerprint density at radius 3 is 1.78 bits per heavy atom. The molecular formula is C25H35NSn. The summed E-state index contributed by atoms with van der Waals surface area (Å²) in [6, 6.07) is 18.1. The van der Waals surface area contributed by atoms with Crippen molar-refractivity contribution in [1.82, 2.24) is 4.98 Å². The Bertz CT molecular complexity index is 849. The van der Waals surface area contributed by atoms with E-state index in [0.29, 0.717) is 0 Å². The van der Waals surface area contributed by atoms with Gasteiger partial charge in [0.25, 0.3) is 0 Å². The summed E-state index contributed by atoms with van der Waals surface area (Å²) in [6.07, 6.45) is 8.11. The summed E-state index contributed by atoms with van der Waals surface area (Å²) in [5.74, 6) is 0. The summed E-state index contributed by atoms with van der Waals surface area (Å²) in [5, 5.41) is 3.92. The van der Waals surface area contributed by atoms with E-state index < -0.39 is 18.4 Å². The van der Waals surface area contributed by atoms with Gasteiger partial charge in [0.1, 0.15) is 0 Å². The van der Waals surface area contributed by atoms with Crippen LogP contribution < -0.4 is 3.71 Å². The van der Waals surface area contributed by atoms with Crippen LogP contribution in [-0.4, -0.2) is 23.4 Å². The van der Waals surface area contributed by atoms with Gasteiger partial charge in [0, 0.05) is 0 Å². The number of nitrogens with zero attached hydrogens (tertiary/aromatic N) is 1. The van der Waals surface area contributed by atoms with E-state index in [-0.39, 0.29) is 0 Å². The van der Waals surface area contributed by atoms with Crippen LogP contribution in [0, 0.1) is 0 Å². The Balaban J connectivity index is 2.07. The molecule has 144 valence electrons. The Hall–Kier alpha value is -1.09. The van der Waals surface area contributed by atoms with Crippen LogP contribution in [0.2, 0.25) is 13.3 Å². The van der Waals surface area contributed by atoms with Crippen molar-refractivity contribution in [3.8, 4) is 0 Å². The third-order valence-electron chi connectivity index (χ3n) is 6.13. The zero-order chi connectivity index (χ0) is 19.1. The Kier molecular flexibility index (Phi) is 7.57. The summed E-state index contributed by atoms with van der Waals surface area (Å²) < 4.78 is 5.99. The van der Waals surface area contributed by atoms with Crippen molar-refractivity contribution in [2.45, 2.75) is 72.6 Å². The zero-order valence-corrected chi connectivity index (χ0v) is 20.3. The first-order valence-corrected chi connectivity index (χ1v) is 18.5. The predicted octanol–water partition coefficient (Wildman–Crippen LogP) is 7.44. The van der Waals surface area contributed by atoms with Crippen molar-refractivity contribution in [2.75, 3.05) is 0 Å². The molecule has 2 aromatic carbocycles. The SMILES string of the molecule is CCC[CH2][Sn]([CH2]CCC)([CH2]CCC)[c]1ccc2cc3ccccc3cc2n1. The first-order chi connectivity index (χ1) is 13.2. The van der Waals surface area contributed by atoms with E-state index in [0.717, 1.165) is 0 Å². The van der Waals surface area contributed by atoms with Gasteiger partial charge in [-0.15, -0.1) is 0 Å². The van der Waals surface area contributed by atoms with E-state index >= 15 is 0 Å². The summed E-state index contributed by atoms with van der Waals surface area (Å²) in [6.45, 7) is 7.03. The molecule has 3 aromatic rings. The molecule has 0 bridgehead atoms. The Morgan fingerprint density at radius 1 is 0.667 bits per heavy atom. The number of benzene rings is 2. The second kappa shape index (κ2) is 9.91. The molecule has 1 heterocycles. The Morgan fingerprint density at radius 2 is 1.22 bits per heavy atom. The molecule has 0 spiro atoms. The average Bonchev–Trinajstić information content (AvgIpc) is 2.71. The molecule has 0 unspecified atom stereocenters. The minimum absolute atomic E-state index is 1.21. The van der Waals surface area contributed by atoms with Gasteiger partial charge in [-0.2, -0.15) is 0 Å². The molecule has 0 amide bonds. The van der Waals surface area contributed by atoms with E-state index in [9.17, 15) is 0 Å². The maximum absolute atomic E-state index is 5.35. The summed E-state index contributed by atoms with van der Waals surface area (Å²) in [5.41, 5.74) is 1.21. The van der Waals surface area contributed by atoms with E-state index in [1.165, 1.54) is 73.5 Å². The summed E-state index contributed by atoms with van der Waals surface area (Å²) >= 11 is -2.44. The topological polar surface area (TPSA) is 12.9 Å². The Labute approximate surface area is 169 Å². The van der Waals surface area contributed by atoms with Gasteiger partial charge >= 0.3 is 170 Å². The van der Waals surface area contributed by atoms with Gasteiger partial charge in [-0.25, -0.2) is 0 Å². The molecular weight excluding hydrogens is 433 g/mol. The van der Waals surface area contributed by atoms with Crippen molar-refractivity contribution >= 4 is 43.8 Å². The van der Waals surface area contributed by atoms with E-state index in [4.69, 9.17) is 4.98 Å². The zero-order valence-electron chi connectivity index (χ0n) is 17.4. The molecule has 0 saturated carbocycles. The van der Waals surface area contributed by atoms with Gasteiger partial charge in [-0.1, -0.05) is 0 Å². The summed E-state index contributed by atoms with van der Waals surface area (Å²) in [7, 11) is 0. The molecule has 1 aromatic heterocycles. The van der Waals surface area contributed by atoms with Crippen LogP contribution in [-0.2, 0) is 0 Å². The van der Waals surface area contributed by atoms with Crippen LogP contribution in [0.15, 0.2) is 48.5 Å². The molecule has 0 atom stereocenters. The molecule has 0 N–H and O–H groups in total. The number of hydrogen-bond acceptors (Lipinski definition) is 1. The van der Waals surface area contributed by atoms with E-state index in [1.807, 2.05) is 0 Å². The molecule has 3 rings (SSSR count). The number of pyridine rings is 1. The van der Waals surface area contributed by atoms with Crippen LogP contribution in [0.4, 0.5) is 0 Å². The number of fused-ring (bicyclic) bond motifs is 2. The fourth-order valence-corrected chi connectivity index (χ4v) is 19.8. The van der Waals surface area contributed by atoms with E-state index in [1.54, 1.807) is 3.71 Å². The number of hydrogen-bond donors (Lipinski definition) is 0. The monoisotopic (exact) mass is 469 g/mol. The van der Waals surface area contributed by atoms with Gasteiger partial charge in [0.2, 0.25) is 0 Å². The van der Waals surface area contributed by atoms with Gasteiger partial charge < -0.3 is 0 Å². The van der Waals surface area contributed by atoms with Gasteiger partial charge in [0.15, 0.2) is 0 Å². The normalized spacial score (nSPS) is 12.1. The molecule has 2 heteroatoms. The van der Waals surface area contributed by atoms with Crippen molar-refractivity contribution in [3.63, 3.8) is 0 Å². The van der Waals surface area contributed by atoms with E-state index in [2.05, 4.69) is 69.3 Å². The fourth-order valence-electron chi connectivity index (χ4n) is 4.41. The molecule has 1 nitrogen and oxygen atoms in total. The minimum atomic E-state index is -2.44. The van der Waals surface area contributed by atoms with Crippen LogP contribution >= 0.6 is 0 Å². The van der Waals surface area contributed by atoms with Crippen molar-refractivity contribution in [3.05, 3.63) is 48.5 Å². The quantitative estimate of drug-likeness (QED) is 0.223. The predicted molar refractivity (Wildman–Crippen MR) is 124 cm³/mol. The molecule has 27 heavy (non-hydrogen) atoms. The first kappa shape index (κ1) is 20.6. The number of aromatic nitrogens is 1. The van der Waals surface area contributed by atoms with Gasteiger partial charge in [-0.05, 0) is 0 Å². The van der Waals surface area contributed by atoms with Crippen LogP contribution in [0.1, 0.15) is 59.3 Å². The number of unbranched alkanes of at least 4 members (excludes halogenated alkanes) is 3. The van der Waals surface area contributed by atoms with Crippen LogP contribution in [0.5, 0.6) is 0 Å². The fraction of sp³-hybridized carbons (Fsp3) is 0.480. The second-order valence-electron chi connectivity index (χ2n) is 8.18. The van der Waals surface area contributed by atoms with Crippen molar-refractivity contribution < 1.29 is 0 Å². The first-order valence-electron chi connectivity index (χ1n) is 11.0. The average molecular weight is 468 g/mol. The standard InChI is InChI=1S/C13H8N.3C4H9.Sn/c1-2-5-11-9-13-12(6-3-7-14-13)8-10(11)4-1;3*1-3-4-2;/h1-6,8-9H;3*1,3-4H2,2H3;. The second-order valence-corrected chi connectivity index (χ2v) is 21.2. The van der Waals surface area contributed by atoms with Crippen LogP contribution in [0.3, 0.4) is 0 Å². The third kappa shape index (κ3) is 4.85. The van der Waals surface area contributed by atoms with Crippen molar-refractivity contribution in [2.24, 2.45) is 0 Å². The molecule has 0 fully saturated rings. The molecule has 0 aliphatic carbocycles. The third-order valence-corrected chi connectivity index (χ3v) is 21.2. The van der Waals surface area contributed by atoms with Gasteiger partial charge in [0.05, 0.1) is 0 Å². The molecule has 0 aliphatic heterocycles. The van der Waals surface area contributed by atoms with Crippen LogP contribution in [0.25, 0.3) is 21.7 Å². The molecule has 0 saturated heterocycles. The van der Waals surface area contributed by atoms with Crippen molar-refractivity contribution in [1.29, 1.82) is 0 Å². The maximum atomic E-state index is 5.35. The molecule has 0 aliphatic rings. The molecule has 0 radical (unpaired) electrons. The summed E-state index contributed by atoms with van der Waals surface area (Å²) in [4.78, 5) is 5.35. The van der Waals surface area contributed by atoms with Gasteiger partial charge in [-0.3, -0.25) is 0 Å².